The van der Waals surface area contributed by atoms with Gasteiger partial charge in [-0.25, -0.2) is 4.39 Å². The normalized spacial score (nSPS) is 10.4. The zero-order chi connectivity index (χ0) is 13.1. The van der Waals surface area contributed by atoms with Gasteiger partial charge in [-0.3, -0.25) is 9.78 Å². The number of halogens is 3. The molecule has 0 bridgehead atoms. The number of carbonyl (C=O) groups is 1. The Labute approximate surface area is 121 Å². The van der Waals surface area contributed by atoms with E-state index in [2.05, 4.69) is 36.8 Å². The van der Waals surface area contributed by atoms with Crippen molar-refractivity contribution in [3.05, 3.63) is 62.5 Å². The average Bonchev–Trinajstić information content (AvgIpc) is 2.27. The van der Waals surface area contributed by atoms with Crippen LogP contribution in [0.1, 0.15) is 16.1 Å². The minimum absolute atomic E-state index is 0.117. The van der Waals surface area contributed by atoms with Crippen molar-refractivity contribution in [2.24, 2.45) is 0 Å². The monoisotopic (exact) mass is 371 g/mol. The lowest BCUT2D eigenvalue weighted by atomic mass is 10.1. The predicted octanol–water partition coefficient (Wildman–Crippen LogP) is 4.17. The van der Waals surface area contributed by atoms with E-state index < -0.39 is 0 Å². The van der Waals surface area contributed by atoms with Gasteiger partial charge in [0.15, 0.2) is 5.78 Å². The van der Waals surface area contributed by atoms with Crippen LogP contribution in [-0.2, 0) is 6.42 Å². The second-order valence-electron chi connectivity index (χ2n) is 3.71. The van der Waals surface area contributed by atoms with Gasteiger partial charge in [-0.15, -0.1) is 0 Å². The molecule has 1 aromatic carbocycles. The SMILES string of the molecule is O=C(Cc1cc(F)cc(Br)c1)c1ncccc1Br. The molecule has 18 heavy (non-hydrogen) atoms. The van der Waals surface area contributed by atoms with E-state index in [0.29, 0.717) is 20.2 Å². The molecule has 0 aliphatic rings. The van der Waals surface area contributed by atoms with Crippen LogP contribution < -0.4 is 0 Å². The number of Topliss-reactive ketones (excluding diaryl/α,β-unsaturated/α-hetero) is 1. The molecule has 0 unspecified atom stereocenters. The Morgan fingerprint density at radius 2 is 2.06 bits per heavy atom. The van der Waals surface area contributed by atoms with Gasteiger partial charge in [-0.05, 0) is 51.8 Å². The number of rotatable bonds is 3. The quantitative estimate of drug-likeness (QED) is 0.757. The summed E-state index contributed by atoms with van der Waals surface area (Å²) in [5.41, 5.74) is 0.974. The number of nitrogens with zero attached hydrogens (tertiary/aromatic N) is 1. The van der Waals surface area contributed by atoms with E-state index in [9.17, 15) is 9.18 Å². The zero-order valence-electron chi connectivity index (χ0n) is 9.16. The molecule has 0 fully saturated rings. The van der Waals surface area contributed by atoms with E-state index in [4.69, 9.17) is 0 Å². The molecule has 0 spiro atoms. The van der Waals surface area contributed by atoms with Crippen LogP contribution in [0.3, 0.4) is 0 Å². The third-order valence-electron chi connectivity index (χ3n) is 2.31. The lowest BCUT2D eigenvalue weighted by Gasteiger charge is -2.04. The van der Waals surface area contributed by atoms with Crippen LogP contribution in [-0.4, -0.2) is 10.8 Å². The van der Waals surface area contributed by atoms with Gasteiger partial charge >= 0.3 is 0 Å². The van der Waals surface area contributed by atoms with E-state index in [0.717, 1.165) is 0 Å². The van der Waals surface area contributed by atoms with Crippen LogP contribution >= 0.6 is 31.9 Å². The van der Waals surface area contributed by atoms with Crippen molar-refractivity contribution < 1.29 is 9.18 Å². The number of benzene rings is 1. The molecule has 0 saturated carbocycles. The molecule has 92 valence electrons. The summed E-state index contributed by atoms with van der Waals surface area (Å²) in [4.78, 5) is 16.0. The summed E-state index contributed by atoms with van der Waals surface area (Å²) in [6.45, 7) is 0. The molecule has 0 aliphatic carbocycles. The van der Waals surface area contributed by atoms with Crippen molar-refractivity contribution >= 4 is 37.6 Å². The number of aromatic nitrogens is 1. The highest BCUT2D eigenvalue weighted by Gasteiger charge is 2.12. The fraction of sp³-hybridized carbons (Fsp3) is 0.0769. The first kappa shape index (κ1) is 13.4. The van der Waals surface area contributed by atoms with Crippen LogP contribution in [0.5, 0.6) is 0 Å². The maximum Gasteiger partial charge on any atom is 0.186 e. The molecule has 1 aromatic heterocycles. The molecular weight excluding hydrogens is 365 g/mol. The number of pyridine rings is 1. The average molecular weight is 373 g/mol. The van der Waals surface area contributed by atoms with Crippen molar-refractivity contribution in [3.63, 3.8) is 0 Å². The molecule has 2 aromatic rings. The smallest absolute Gasteiger partial charge is 0.186 e. The second-order valence-corrected chi connectivity index (χ2v) is 5.48. The molecule has 2 nitrogen and oxygen atoms in total. The van der Waals surface area contributed by atoms with Crippen molar-refractivity contribution in [1.82, 2.24) is 4.98 Å². The summed E-state index contributed by atoms with van der Waals surface area (Å²) in [5.74, 6) is -0.521. The van der Waals surface area contributed by atoms with Crippen molar-refractivity contribution in [3.8, 4) is 0 Å². The summed E-state index contributed by atoms with van der Waals surface area (Å²) in [5, 5.41) is 0. The Hall–Kier alpha value is -1.07. The lowest BCUT2D eigenvalue weighted by molar-refractivity contribution is 0.0987. The first-order valence-electron chi connectivity index (χ1n) is 5.15. The molecule has 2 rings (SSSR count). The van der Waals surface area contributed by atoms with Crippen LogP contribution in [0, 0.1) is 5.82 Å². The van der Waals surface area contributed by atoms with Gasteiger partial charge in [0.25, 0.3) is 0 Å². The Morgan fingerprint density at radius 1 is 1.28 bits per heavy atom. The third-order valence-corrected chi connectivity index (χ3v) is 3.41. The van der Waals surface area contributed by atoms with Gasteiger partial charge < -0.3 is 0 Å². The summed E-state index contributed by atoms with van der Waals surface area (Å²) in [6.07, 6.45) is 1.67. The van der Waals surface area contributed by atoms with Crippen LogP contribution in [0.15, 0.2) is 45.5 Å². The maximum absolute atomic E-state index is 13.2. The first-order valence-corrected chi connectivity index (χ1v) is 6.73. The van der Waals surface area contributed by atoms with Gasteiger partial charge in [-0.1, -0.05) is 15.9 Å². The Balaban J connectivity index is 2.24. The fourth-order valence-corrected chi connectivity index (χ4v) is 2.56. The number of hydrogen-bond acceptors (Lipinski definition) is 2. The second kappa shape index (κ2) is 5.71. The van der Waals surface area contributed by atoms with Crippen molar-refractivity contribution in [1.29, 1.82) is 0 Å². The van der Waals surface area contributed by atoms with Crippen molar-refractivity contribution in [2.75, 3.05) is 0 Å². The summed E-state index contributed by atoms with van der Waals surface area (Å²) < 4.78 is 14.5. The van der Waals surface area contributed by atoms with E-state index >= 15 is 0 Å². The number of hydrogen-bond donors (Lipinski definition) is 0. The topological polar surface area (TPSA) is 30.0 Å². The molecule has 0 radical (unpaired) electrons. The zero-order valence-corrected chi connectivity index (χ0v) is 12.3. The van der Waals surface area contributed by atoms with Crippen LogP contribution in [0.4, 0.5) is 4.39 Å². The number of carbonyl (C=O) groups excluding carboxylic acids is 1. The highest BCUT2D eigenvalue weighted by molar-refractivity contribution is 9.10. The summed E-state index contributed by atoms with van der Waals surface area (Å²) in [7, 11) is 0. The fourth-order valence-electron chi connectivity index (χ4n) is 1.57. The third kappa shape index (κ3) is 3.23. The van der Waals surface area contributed by atoms with Crippen LogP contribution in [0.2, 0.25) is 0 Å². The van der Waals surface area contributed by atoms with E-state index in [1.165, 1.54) is 12.1 Å². The van der Waals surface area contributed by atoms with Gasteiger partial charge in [0, 0.05) is 21.6 Å². The Kier molecular flexibility index (Phi) is 4.24. The summed E-state index contributed by atoms with van der Waals surface area (Å²) in [6, 6.07) is 7.91. The number of ketones is 1. The highest BCUT2D eigenvalue weighted by atomic mass is 79.9. The Morgan fingerprint density at radius 3 is 2.72 bits per heavy atom. The van der Waals surface area contributed by atoms with Crippen molar-refractivity contribution in [2.45, 2.75) is 6.42 Å². The molecule has 0 aliphatic heterocycles. The lowest BCUT2D eigenvalue weighted by Crippen LogP contribution is -2.07. The largest absolute Gasteiger partial charge is 0.292 e. The Bertz CT molecular complexity index is 581. The molecular formula is C13H8Br2FNO. The van der Waals surface area contributed by atoms with Gasteiger partial charge in [-0.2, -0.15) is 0 Å². The van der Waals surface area contributed by atoms with E-state index in [-0.39, 0.29) is 18.0 Å². The van der Waals surface area contributed by atoms with Gasteiger partial charge in [0.2, 0.25) is 0 Å². The molecule has 1 heterocycles. The molecule has 0 atom stereocenters. The maximum atomic E-state index is 13.2. The van der Waals surface area contributed by atoms with E-state index in [1.54, 1.807) is 24.4 Å². The molecule has 0 amide bonds. The van der Waals surface area contributed by atoms with Gasteiger partial charge in [0.05, 0.1) is 0 Å². The minimum Gasteiger partial charge on any atom is -0.292 e. The summed E-state index contributed by atoms with van der Waals surface area (Å²) >= 11 is 6.47. The molecule has 5 heteroatoms. The van der Waals surface area contributed by atoms with Crippen LogP contribution in [0.25, 0.3) is 0 Å². The molecule has 0 saturated heterocycles. The van der Waals surface area contributed by atoms with E-state index in [1.807, 2.05) is 0 Å². The minimum atomic E-state index is -0.368. The first-order chi connectivity index (χ1) is 8.56. The highest BCUT2D eigenvalue weighted by Crippen LogP contribution is 2.19. The molecule has 0 N–H and O–H groups in total. The standard InChI is InChI=1S/C13H8Br2FNO/c14-9-4-8(5-10(16)7-9)6-12(18)13-11(15)2-1-3-17-13/h1-5,7H,6H2. The van der Waals surface area contributed by atoms with Gasteiger partial charge in [0.1, 0.15) is 11.5 Å². The predicted molar refractivity (Wildman–Crippen MR) is 74.1 cm³/mol.